The third-order valence-electron chi connectivity index (χ3n) is 1.56. The van der Waals surface area contributed by atoms with Gasteiger partial charge in [0.1, 0.15) is 0 Å². The molecule has 0 radical (unpaired) electrons. The predicted molar refractivity (Wildman–Crippen MR) is 48.5 cm³/mol. The highest BCUT2D eigenvalue weighted by Gasteiger charge is 2.09. The van der Waals surface area contributed by atoms with Crippen LogP contribution in [0.2, 0.25) is 0 Å². The van der Waals surface area contributed by atoms with E-state index in [1.807, 2.05) is 13.8 Å². The molecular formula is C9H12N2O2. The molecule has 70 valence electrons. The molecule has 1 aromatic heterocycles. The summed E-state index contributed by atoms with van der Waals surface area (Å²) in [6.07, 6.45) is 0.846. The van der Waals surface area contributed by atoms with Crippen LogP contribution in [0.4, 0.5) is 4.79 Å². The summed E-state index contributed by atoms with van der Waals surface area (Å²) in [5.74, 6) is 0.639. The minimum Gasteiger partial charge on any atom is -0.409 e. The van der Waals surface area contributed by atoms with Crippen LogP contribution < -0.4 is 10.5 Å². The Morgan fingerprint density at radius 3 is 2.85 bits per heavy atom. The van der Waals surface area contributed by atoms with Crippen LogP contribution in [0.25, 0.3) is 0 Å². The second-order valence-corrected chi connectivity index (χ2v) is 2.96. The third kappa shape index (κ3) is 2.43. The van der Waals surface area contributed by atoms with E-state index in [-0.39, 0.29) is 5.92 Å². The van der Waals surface area contributed by atoms with E-state index in [1.54, 1.807) is 18.3 Å². The van der Waals surface area contributed by atoms with Gasteiger partial charge in [-0.25, -0.2) is 4.79 Å². The van der Waals surface area contributed by atoms with E-state index in [1.165, 1.54) is 0 Å². The van der Waals surface area contributed by atoms with E-state index in [2.05, 4.69) is 4.98 Å². The van der Waals surface area contributed by atoms with Crippen molar-refractivity contribution in [3.05, 3.63) is 24.0 Å². The Balaban J connectivity index is 2.97. The van der Waals surface area contributed by atoms with Gasteiger partial charge in [0.2, 0.25) is 0 Å². The number of nitrogens with zero attached hydrogens (tertiary/aromatic N) is 1. The lowest BCUT2D eigenvalue weighted by atomic mass is 10.1. The van der Waals surface area contributed by atoms with Crippen LogP contribution in [-0.4, -0.2) is 11.1 Å². The van der Waals surface area contributed by atoms with Gasteiger partial charge in [0.15, 0.2) is 5.75 Å². The highest BCUT2D eigenvalue weighted by atomic mass is 16.5. The van der Waals surface area contributed by atoms with Crippen molar-refractivity contribution in [2.75, 3.05) is 0 Å². The normalized spacial score (nSPS) is 10.1. The smallest absolute Gasteiger partial charge is 0.409 e. The molecule has 0 fully saturated rings. The van der Waals surface area contributed by atoms with Crippen LogP contribution in [0, 0.1) is 0 Å². The van der Waals surface area contributed by atoms with E-state index >= 15 is 0 Å². The number of hydrogen-bond donors (Lipinski definition) is 1. The van der Waals surface area contributed by atoms with Crippen molar-refractivity contribution in [1.82, 2.24) is 4.98 Å². The number of nitrogens with two attached hydrogens (primary N) is 1. The van der Waals surface area contributed by atoms with Crippen molar-refractivity contribution in [2.24, 2.45) is 5.73 Å². The maximum absolute atomic E-state index is 10.5. The predicted octanol–water partition coefficient (Wildman–Crippen LogP) is 1.66. The molecule has 0 aliphatic rings. The van der Waals surface area contributed by atoms with Crippen molar-refractivity contribution < 1.29 is 9.53 Å². The first-order valence-corrected chi connectivity index (χ1v) is 4.03. The topological polar surface area (TPSA) is 65.2 Å². The molecule has 0 unspecified atom stereocenters. The maximum Gasteiger partial charge on any atom is 0.410 e. The van der Waals surface area contributed by atoms with Gasteiger partial charge in [0, 0.05) is 6.20 Å². The first-order valence-electron chi connectivity index (χ1n) is 4.03. The Labute approximate surface area is 76.7 Å². The number of aromatic nitrogens is 1. The summed E-state index contributed by atoms with van der Waals surface area (Å²) >= 11 is 0. The quantitative estimate of drug-likeness (QED) is 0.752. The summed E-state index contributed by atoms with van der Waals surface area (Å²) in [4.78, 5) is 14.6. The largest absolute Gasteiger partial charge is 0.410 e. The zero-order valence-corrected chi connectivity index (χ0v) is 7.65. The summed E-state index contributed by atoms with van der Waals surface area (Å²) < 4.78 is 4.78. The first kappa shape index (κ1) is 9.51. The van der Waals surface area contributed by atoms with Crippen LogP contribution in [-0.2, 0) is 0 Å². The lowest BCUT2D eigenvalue weighted by Gasteiger charge is -2.09. The van der Waals surface area contributed by atoms with Crippen molar-refractivity contribution in [3.63, 3.8) is 0 Å². The molecule has 1 heterocycles. The summed E-state index contributed by atoms with van der Waals surface area (Å²) in [7, 11) is 0. The van der Waals surface area contributed by atoms with Crippen molar-refractivity contribution in [1.29, 1.82) is 0 Å². The molecule has 0 bridgehead atoms. The van der Waals surface area contributed by atoms with Gasteiger partial charge in [0.25, 0.3) is 0 Å². The van der Waals surface area contributed by atoms with Crippen LogP contribution in [0.1, 0.15) is 25.5 Å². The minimum absolute atomic E-state index is 0.204. The standard InChI is InChI=1S/C9H12N2O2/c1-6(2)8-7(13-9(10)12)4-3-5-11-8/h3-6H,1-2H3,(H2,10,12). The molecule has 2 N–H and O–H groups in total. The molecule has 4 nitrogen and oxygen atoms in total. The van der Waals surface area contributed by atoms with E-state index in [0.717, 1.165) is 5.69 Å². The third-order valence-corrected chi connectivity index (χ3v) is 1.56. The van der Waals surface area contributed by atoms with E-state index in [4.69, 9.17) is 10.5 Å². The van der Waals surface area contributed by atoms with Gasteiger partial charge in [-0.05, 0) is 18.1 Å². The number of amides is 1. The zero-order valence-electron chi connectivity index (χ0n) is 7.65. The number of carbonyl (C=O) groups excluding carboxylic acids is 1. The highest BCUT2D eigenvalue weighted by Crippen LogP contribution is 2.22. The molecule has 0 atom stereocenters. The Bertz CT molecular complexity index is 310. The fourth-order valence-corrected chi connectivity index (χ4v) is 1.03. The number of ether oxygens (including phenoxy) is 1. The molecule has 0 aliphatic carbocycles. The lowest BCUT2D eigenvalue weighted by molar-refractivity contribution is 0.210. The average Bonchev–Trinajstić information content (AvgIpc) is 2.03. The van der Waals surface area contributed by atoms with Crippen molar-refractivity contribution in [3.8, 4) is 5.75 Å². The highest BCUT2D eigenvalue weighted by molar-refractivity contribution is 5.68. The number of rotatable bonds is 2. The Hall–Kier alpha value is -1.58. The Morgan fingerprint density at radius 1 is 1.62 bits per heavy atom. The maximum atomic E-state index is 10.5. The molecule has 0 aromatic carbocycles. The van der Waals surface area contributed by atoms with Crippen LogP contribution in [0.5, 0.6) is 5.75 Å². The monoisotopic (exact) mass is 180 g/mol. The lowest BCUT2D eigenvalue weighted by Crippen LogP contribution is -2.17. The number of primary amides is 1. The summed E-state index contributed by atoms with van der Waals surface area (Å²) in [6.45, 7) is 3.94. The van der Waals surface area contributed by atoms with Crippen LogP contribution in [0.3, 0.4) is 0 Å². The SMILES string of the molecule is CC(C)c1ncccc1OC(N)=O. The number of pyridine rings is 1. The van der Waals surface area contributed by atoms with Gasteiger partial charge in [-0.2, -0.15) is 0 Å². The fraction of sp³-hybridized carbons (Fsp3) is 0.333. The summed E-state index contributed by atoms with van der Waals surface area (Å²) in [5, 5.41) is 0. The van der Waals surface area contributed by atoms with Gasteiger partial charge in [-0.15, -0.1) is 0 Å². The van der Waals surface area contributed by atoms with Gasteiger partial charge in [-0.1, -0.05) is 13.8 Å². The molecular weight excluding hydrogens is 168 g/mol. The summed E-state index contributed by atoms with van der Waals surface area (Å²) in [6, 6.07) is 3.37. The molecule has 0 saturated carbocycles. The first-order chi connectivity index (χ1) is 6.11. The van der Waals surface area contributed by atoms with Crippen molar-refractivity contribution >= 4 is 6.09 Å². The van der Waals surface area contributed by atoms with Gasteiger partial charge >= 0.3 is 6.09 Å². The van der Waals surface area contributed by atoms with Gasteiger partial charge in [-0.3, -0.25) is 4.98 Å². The van der Waals surface area contributed by atoms with E-state index in [0.29, 0.717) is 5.75 Å². The second kappa shape index (κ2) is 3.89. The molecule has 0 saturated heterocycles. The molecule has 0 aliphatic heterocycles. The van der Waals surface area contributed by atoms with Gasteiger partial charge in [0.05, 0.1) is 5.69 Å². The van der Waals surface area contributed by atoms with E-state index < -0.39 is 6.09 Å². The van der Waals surface area contributed by atoms with Crippen LogP contribution >= 0.6 is 0 Å². The minimum atomic E-state index is -0.810. The second-order valence-electron chi connectivity index (χ2n) is 2.96. The molecule has 13 heavy (non-hydrogen) atoms. The zero-order chi connectivity index (χ0) is 9.84. The molecule has 1 rings (SSSR count). The number of hydrogen-bond acceptors (Lipinski definition) is 3. The molecule has 0 spiro atoms. The van der Waals surface area contributed by atoms with E-state index in [9.17, 15) is 4.79 Å². The molecule has 1 amide bonds. The Morgan fingerprint density at radius 2 is 2.31 bits per heavy atom. The Kier molecular flexibility index (Phi) is 2.84. The fourth-order valence-electron chi connectivity index (χ4n) is 1.03. The average molecular weight is 180 g/mol. The van der Waals surface area contributed by atoms with Gasteiger partial charge < -0.3 is 10.5 Å². The number of carbonyl (C=O) groups is 1. The molecule has 1 aromatic rings. The van der Waals surface area contributed by atoms with Crippen molar-refractivity contribution in [2.45, 2.75) is 19.8 Å². The van der Waals surface area contributed by atoms with Crippen LogP contribution in [0.15, 0.2) is 18.3 Å². The molecule has 4 heteroatoms. The summed E-state index contributed by atoms with van der Waals surface area (Å²) in [5.41, 5.74) is 5.64.